The van der Waals surface area contributed by atoms with Crippen molar-refractivity contribution in [1.29, 1.82) is 0 Å². The lowest BCUT2D eigenvalue weighted by atomic mass is 9.82. The molecule has 2 unspecified atom stereocenters. The van der Waals surface area contributed by atoms with E-state index in [0.717, 1.165) is 26.5 Å². The molecule has 0 aromatic heterocycles. The molecule has 2 heterocycles. The number of nitrogens with one attached hydrogen (secondary N) is 2. The van der Waals surface area contributed by atoms with Gasteiger partial charge in [0.2, 0.25) is 5.91 Å². The molecule has 2 fully saturated rings. The van der Waals surface area contributed by atoms with Gasteiger partial charge in [-0.15, -0.1) is 0 Å². The first-order chi connectivity index (χ1) is 27.5. The number of phosphoric acid groups is 1. The van der Waals surface area contributed by atoms with Gasteiger partial charge in [0, 0.05) is 59.9 Å². The lowest BCUT2D eigenvalue weighted by molar-refractivity contribution is -0.277. The zero-order chi connectivity index (χ0) is 42.8. The average molecular weight is 859 g/mol. The van der Waals surface area contributed by atoms with Crippen molar-refractivity contribution >= 4 is 62.8 Å². The second-order valence-corrected chi connectivity index (χ2v) is 15.4. The van der Waals surface area contributed by atoms with E-state index in [1.807, 2.05) is 6.07 Å². The summed E-state index contributed by atoms with van der Waals surface area (Å²) in [6.45, 7) is 4.59. The zero-order valence-corrected chi connectivity index (χ0v) is 34.8. The fourth-order valence-electron chi connectivity index (χ4n) is 6.23. The number of phosphoric ester groups is 1. The quantitative estimate of drug-likeness (QED) is 0.0379. The van der Waals surface area contributed by atoms with Crippen LogP contribution in [0.5, 0.6) is 0 Å². The van der Waals surface area contributed by atoms with E-state index in [1.54, 1.807) is 24.3 Å². The van der Waals surface area contributed by atoms with Crippen molar-refractivity contribution in [1.82, 2.24) is 10.6 Å². The minimum atomic E-state index is -4.48. The third-order valence-corrected chi connectivity index (χ3v) is 10.1. The SMILES string of the molecule is [B][C@@H]1O[C@H](COC(=O)OCc2ccccc2)C(OP(=O)(O)OC)[C@@H]1CCCNC(=S)CCCCO[C@@H]1O[C@H](COC(C)=O)[C@H](OC(C)=O)[C@H](OC(C)=O)[C@H]1NC(C)=O. The Morgan fingerprint density at radius 1 is 0.862 bits per heavy atom. The Morgan fingerprint density at radius 2 is 1.52 bits per heavy atom. The van der Waals surface area contributed by atoms with Crippen LogP contribution in [0.15, 0.2) is 30.3 Å². The van der Waals surface area contributed by atoms with E-state index in [2.05, 4.69) is 15.2 Å². The second kappa shape index (κ2) is 24.4. The molecule has 1 aromatic carbocycles. The molecule has 2 radical (unpaired) electrons. The molecule has 19 nitrogen and oxygen atoms in total. The molecule has 0 spiro atoms. The van der Waals surface area contributed by atoms with E-state index >= 15 is 0 Å². The largest absolute Gasteiger partial charge is 0.508 e. The predicted octanol–water partition coefficient (Wildman–Crippen LogP) is 2.52. The van der Waals surface area contributed by atoms with Gasteiger partial charge in [-0.2, -0.15) is 0 Å². The minimum Gasteiger partial charge on any atom is -0.463 e. The molecule has 3 rings (SSSR count). The highest BCUT2D eigenvalue weighted by molar-refractivity contribution is 7.80. The number of esters is 3. The molecule has 22 heteroatoms. The molecule has 10 atom stereocenters. The van der Waals surface area contributed by atoms with Crippen molar-refractivity contribution < 1.29 is 80.4 Å². The molecule has 322 valence electrons. The molecule has 3 N–H and O–H groups in total. The monoisotopic (exact) mass is 858 g/mol. The van der Waals surface area contributed by atoms with Gasteiger partial charge in [0.15, 0.2) is 18.5 Å². The first-order valence-electron chi connectivity index (χ1n) is 18.6. The van der Waals surface area contributed by atoms with Crippen LogP contribution in [0.25, 0.3) is 0 Å². The summed E-state index contributed by atoms with van der Waals surface area (Å²) in [6.07, 6.45) is -5.25. The fraction of sp³-hybridized carbons (Fsp3) is 0.667. The van der Waals surface area contributed by atoms with Gasteiger partial charge in [0.25, 0.3) is 0 Å². The van der Waals surface area contributed by atoms with Crippen molar-refractivity contribution in [3.63, 3.8) is 0 Å². The first-order valence-corrected chi connectivity index (χ1v) is 20.5. The second-order valence-electron chi connectivity index (χ2n) is 13.4. The van der Waals surface area contributed by atoms with Crippen molar-refractivity contribution in [2.24, 2.45) is 5.92 Å². The molecule has 58 heavy (non-hydrogen) atoms. The van der Waals surface area contributed by atoms with E-state index in [9.17, 15) is 33.4 Å². The van der Waals surface area contributed by atoms with Crippen molar-refractivity contribution in [2.75, 3.05) is 33.5 Å². The fourth-order valence-corrected chi connectivity index (χ4v) is 7.16. The van der Waals surface area contributed by atoms with Crippen LogP contribution < -0.4 is 10.6 Å². The molecule has 0 bridgehead atoms. The van der Waals surface area contributed by atoms with Crippen LogP contribution >= 0.6 is 20.0 Å². The van der Waals surface area contributed by atoms with Crippen molar-refractivity contribution in [3.05, 3.63) is 35.9 Å². The molecule has 0 saturated carbocycles. The van der Waals surface area contributed by atoms with E-state index in [0.29, 0.717) is 43.6 Å². The third-order valence-electron chi connectivity index (χ3n) is 8.78. The van der Waals surface area contributed by atoms with Gasteiger partial charge in [-0.25, -0.2) is 9.36 Å². The number of carbonyl (C=O) groups is 5. The Labute approximate surface area is 343 Å². The molecule has 1 aromatic rings. The molecule has 0 aliphatic carbocycles. The van der Waals surface area contributed by atoms with E-state index in [4.69, 9.17) is 62.5 Å². The highest BCUT2D eigenvalue weighted by atomic mass is 32.1. The van der Waals surface area contributed by atoms with Gasteiger partial charge < -0.3 is 53.4 Å². The zero-order valence-electron chi connectivity index (χ0n) is 33.1. The number of ether oxygens (including phenoxy) is 8. The molecule has 1 amide bonds. The number of hydrogen-bond acceptors (Lipinski definition) is 17. The summed E-state index contributed by atoms with van der Waals surface area (Å²) >= 11 is 5.50. The lowest BCUT2D eigenvalue weighted by Gasteiger charge is -2.44. The van der Waals surface area contributed by atoms with Gasteiger partial charge in [0.1, 0.15) is 52.0 Å². The lowest BCUT2D eigenvalue weighted by Crippen LogP contribution is -2.66. The number of amides is 1. The summed E-state index contributed by atoms with van der Waals surface area (Å²) in [5, 5.41) is 5.82. The van der Waals surface area contributed by atoms with E-state index in [1.165, 1.54) is 13.8 Å². The predicted molar refractivity (Wildman–Crippen MR) is 206 cm³/mol. The van der Waals surface area contributed by atoms with Crippen LogP contribution in [-0.4, -0.2) is 130 Å². The maximum Gasteiger partial charge on any atom is 0.508 e. The Morgan fingerprint density at radius 3 is 2.16 bits per heavy atom. The summed E-state index contributed by atoms with van der Waals surface area (Å²) in [7, 11) is 2.78. The molecular formula is C36H52BN2O17PS. The van der Waals surface area contributed by atoms with Gasteiger partial charge in [-0.3, -0.25) is 28.2 Å². The van der Waals surface area contributed by atoms with Crippen molar-refractivity contribution in [3.8, 4) is 0 Å². The standard InChI is InChI=1S/C36H52BN2O17PS/c1-21(40)39-30-33(53-24(4)43)32(52-23(3)42)28(19-49-22(2)41)55-35(30)48-17-10-9-15-29(58)38-16-11-14-26-31(56-57(45,46)47-5)27(54-34(26)37)20-51-36(44)50-18-25-12-7-6-8-13-25/h6-8,12-13,26-28,30-35H,9-11,14-20H2,1-5H3,(H,38,58)(H,39,40)(H,45,46)/t26-,27+,28+,30+,31?,32-,33+,34+,35+/m0/s1. The first kappa shape index (κ1) is 48.7. The highest BCUT2D eigenvalue weighted by Gasteiger charge is 2.51. The van der Waals surface area contributed by atoms with Gasteiger partial charge in [-0.1, -0.05) is 42.5 Å². The number of hydrogen-bond donors (Lipinski definition) is 3. The summed E-state index contributed by atoms with van der Waals surface area (Å²) in [6, 6.07) is 7.01. The van der Waals surface area contributed by atoms with Gasteiger partial charge >= 0.3 is 31.9 Å². The van der Waals surface area contributed by atoms with Crippen LogP contribution in [0.3, 0.4) is 0 Å². The number of thiocarbonyl (C=S) groups is 1. The Balaban J connectivity index is 1.48. The highest BCUT2D eigenvalue weighted by Crippen LogP contribution is 2.48. The topological polar surface area (TPSA) is 239 Å². The number of carbonyl (C=O) groups excluding carboxylic acids is 5. The number of rotatable bonds is 22. The Bertz CT molecular complexity index is 1580. The van der Waals surface area contributed by atoms with Crippen LogP contribution in [0.2, 0.25) is 0 Å². The minimum absolute atomic E-state index is 0.0121. The van der Waals surface area contributed by atoms with Gasteiger partial charge in [-0.05, 0) is 37.7 Å². The van der Waals surface area contributed by atoms with Crippen LogP contribution in [-0.2, 0) is 77.3 Å². The number of benzene rings is 1. The van der Waals surface area contributed by atoms with Gasteiger partial charge in [0.05, 0.1) is 4.99 Å². The molecular weight excluding hydrogens is 806 g/mol. The van der Waals surface area contributed by atoms with Crippen LogP contribution in [0, 0.1) is 5.92 Å². The van der Waals surface area contributed by atoms with Crippen LogP contribution in [0.4, 0.5) is 4.79 Å². The molecule has 2 aliphatic rings. The smallest absolute Gasteiger partial charge is 0.463 e. The summed E-state index contributed by atoms with van der Waals surface area (Å²) in [5.41, 5.74) is 0.758. The Kier molecular flexibility index (Phi) is 20.5. The number of unbranched alkanes of at least 4 members (excludes halogenated alkanes) is 1. The van der Waals surface area contributed by atoms with Crippen molar-refractivity contribution in [2.45, 2.75) is 115 Å². The Hall–Kier alpha value is -3.69. The third kappa shape index (κ3) is 16.9. The maximum absolute atomic E-state index is 12.4. The van der Waals surface area contributed by atoms with Crippen LogP contribution in [0.1, 0.15) is 65.4 Å². The summed E-state index contributed by atoms with van der Waals surface area (Å²) in [4.78, 5) is 70.6. The summed E-state index contributed by atoms with van der Waals surface area (Å²) in [5.74, 6) is -3.11. The molecule has 2 aliphatic heterocycles. The average Bonchev–Trinajstić information content (AvgIpc) is 3.44. The normalized spacial score (nSPS) is 26.3. The maximum atomic E-state index is 12.4. The van der Waals surface area contributed by atoms with E-state index < -0.39 is 92.6 Å². The summed E-state index contributed by atoms with van der Waals surface area (Å²) < 4.78 is 66.5. The van der Waals surface area contributed by atoms with E-state index in [-0.39, 0.29) is 26.4 Å². The molecule has 2 saturated heterocycles.